The number of nitrogens with zero attached hydrogens (tertiary/aromatic N) is 2. The molecule has 1 aliphatic rings. The molecule has 1 aliphatic heterocycles. The monoisotopic (exact) mass is 493 g/mol. The number of nitrogens with one attached hydrogen (secondary N) is 1. The van der Waals surface area contributed by atoms with Gasteiger partial charge in [0.05, 0.1) is 18.1 Å². The molecule has 0 spiro atoms. The number of benzene rings is 2. The van der Waals surface area contributed by atoms with Gasteiger partial charge in [-0.25, -0.2) is 0 Å². The smallest absolute Gasteiger partial charge is 0.295 e. The van der Waals surface area contributed by atoms with Crippen LogP contribution in [-0.2, 0) is 16.7 Å². The van der Waals surface area contributed by atoms with Crippen molar-refractivity contribution in [3.05, 3.63) is 41.7 Å². The molecule has 3 aromatic rings. The van der Waals surface area contributed by atoms with Crippen LogP contribution in [0.5, 0.6) is 11.5 Å². The number of aromatic nitrogens is 1. The molecule has 0 saturated carbocycles. The van der Waals surface area contributed by atoms with Gasteiger partial charge in [0, 0.05) is 25.7 Å². The summed E-state index contributed by atoms with van der Waals surface area (Å²) in [7, 11) is -4.30. The molecule has 4 rings (SSSR count). The number of ether oxygens (including phenoxy) is 2. The number of fused-ring (bicyclic) bond motifs is 1. The quantitative estimate of drug-likeness (QED) is 0.426. The average molecular weight is 494 g/mol. The van der Waals surface area contributed by atoms with Gasteiger partial charge in [-0.1, -0.05) is 0 Å². The molecule has 34 heavy (non-hydrogen) atoms. The first-order valence-electron chi connectivity index (χ1n) is 11.2. The van der Waals surface area contributed by atoms with Gasteiger partial charge in [-0.15, -0.1) is 0 Å². The average Bonchev–Trinajstić information content (AvgIpc) is 3.19. The zero-order valence-corrected chi connectivity index (χ0v) is 19.9. The third-order valence-corrected chi connectivity index (χ3v) is 6.49. The summed E-state index contributed by atoms with van der Waals surface area (Å²) in [4.78, 5) is 6.35. The molecule has 0 radical (unpaired) electrons. The van der Waals surface area contributed by atoms with E-state index in [0.29, 0.717) is 36.9 Å². The molecule has 1 aromatic heterocycles. The summed E-state index contributed by atoms with van der Waals surface area (Å²) >= 11 is 0. The van der Waals surface area contributed by atoms with Gasteiger partial charge >= 0.3 is 0 Å². The molecule has 1 saturated heterocycles. The molecular weight excluding hydrogens is 465 g/mol. The Kier molecular flexibility index (Phi) is 7.24. The fourth-order valence-electron chi connectivity index (χ4n) is 4.04. The second-order valence-corrected chi connectivity index (χ2v) is 9.51. The molecule has 9 nitrogen and oxygen atoms in total. The molecule has 1 fully saturated rings. The van der Waals surface area contributed by atoms with Crippen molar-refractivity contribution in [2.45, 2.75) is 44.2 Å². The van der Waals surface area contributed by atoms with Crippen molar-refractivity contribution in [2.75, 3.05) is 31.6 Å². The molecule has 0 aliphatic carbocycles. The highest BCUT2D eigenvalue weighted by Crippen LogP contribution is 2.30. The van der Waals surface area contributed by atoms with Crippen LogP contribution in [0.25, 0.3) is 11.1 Å². The minimum absolute atomic E-state index is 0.136. The van der Waals surface area contributed by atoms with Gasteiger partial charge < -0.3 is 19.2 Å². The number of rotatable bonds is 9. The molecule has 184 valence electrons. The number of piperidine rings is 1. The van der Waals surface area contributed by atoms with Gasteiger partial charge in [0.1, 0.15) is 5.52 Å². The SMILES string of the molecule is CCOc1cc(CN2CCC(Nc3nc4cc(S(=O)(=O)O)ccc4o3)CC2)cc(OCC)c1F. The first-order valence-corrected chi connectivity index (χ1v) is 12.7. The summed E-state index contributed by atoms with van der Waals surface area (Å²) in [6, 6.07) is 7.91. The van der Waals surface area contributed by atoms with E-state index in [4.69, 9.17) is 13.9 Å². The topological polar surface area (TPSA) is 114 Å². The highest BCUT2D eigenvalue weighted by molar-refractivity contribution is 7.85. The van der Waals surface area contributed by atoms with Crippen LogP contribution >= 0.6 is 0 Å². The molecule has 0 atom stereocenters. The van der Waals surface area contributed by atoms with Crippen molar-refractivity contribution in [3.63, 3.8) is 0 Å². The third kappa shape index (κ3) is 5.60. The van der Waals surface area contributed by atoms with E-state index in [1.54, 1.807) is 12.1 Å². The summed E-state index contributed by atoms with van der Waals surface area (Å²) in [5.74, 6) is -0.0707. The molecule has 11 heteroatoms. The number of hydrogen-bond acceptors (Lipinski definition) is 8. The van der Waals surface area contributed by atoms with E-state index < -0.39 is 15.9 Å². The van der Waals surface area contributed by atoms with Crippen molar-refractivity contribution in [2.24, 2.45) is 0 Å². The lowest BCUT2D eigenvalue weighted by molar-refractivity contribution is 0.209. The molecule has 0 amide bonds. The highest BCUT2D eigenvalue weighted by atomic mass is 32.2. The maximum atomic E-state index is 14.5. The lowest BCUT2D eigenvalue weighted by atomic mass is 10.0. The van der Waals surface area contributed by atoms with Crippen LogP contribution in [0.15, 0.2) is 39.6 Å². The maximum Gasteiger partial charge on any atom is 0.295 e. The zero-order valence-electron chi connectivity index (χ0n) is 19.1. The molecule has 0 unspecified atom stereocenters. The van der Waals surface area contributed by atoms with E-state index in [1.165, 1.54) is 18.2 Å². The summed E-state index contributed by atoms with van der Waals surface area (Å²) < 4.78 is 62.9. The standard InChI is InChI=1S/C23H28FN3O6S/c1-3-31-20-11-15(12-21(22(20)24)32-4-2)14-27-9-7-16(8-10-27)25-23-26-18-13-17(34(28,29)30)5-6-19(18)33-23/h5-6,11-13,16H,3-4,7-10,14H2,1-2H3,(H,25,26)(H,28,29,30). The van der Waals surface area contributed by atoms with Crippen LogP contribution in [0, 0.1) is 5.82 Å². The molecular formula is C23H28FN3O6S. The number of anilines is 1. The second-order valence-electron chi connectivity index (χ2n) is 8.09. The van der Waals surface area contributed by atoms with Crippen molar-refractivity contribution >= 4 is 27.2 Å². The minimum Gasteiger partial charge on any atom is -0.491 e. The lowest BCUT2D eigenvalue weighted by Crippen LogP contribution is -2.38. The van der Waals surface area contributed by atoms with Crippen molar-refractivity contribution in [1.82, 2.24) is 9.88 Å². The Morgan fingerprint density at radius 3 is 2.38 bits per heavy atom. The molecule has 2 aromatic carbocycles. The van der Waals surface area contributed by atoms with Crippen molar-refractivity contribution < 1.29 is 31.3 Å². The fraction of sp³-hybridized carbons (Fsp3) is 0.435. The summed E-state index contributed by atoms with van der Waals surface area (Å²) in [5, 5.41) is 3.27. The Labute approximate surface area is 197 Å². The molecule has 2 N–H and O–H groups in total. The number of hydrogen-bond donors (Lipinski definition) is 2. The van der Waals surface area contributed by atoms with Crippen molar-refractivity contribution in [3.8, 4) is 11.5 Å². The third-order valence-electron chi connectivity index (χ3n) is 5.64. The van der Waals surface area contributed by atoms with Crippen LogP contribution in [0.1, 0.15) is 32.3 Å². The predicted molar refractivity (Wildman–Crippen MR) is 124 cm³/mol. The van der Waals surface area contributed by atoms with Gasteiger partial charge in [0.25, 0.3) is 16.1 Å². The van der Waals surface area contributed by atoms with Crippen LogP contribution in [0.3, 0.4) is 0 Å². The summed E-state index contributed by atoms with van der Waals surface area (Å²) in [6.07, 6.45) is 1.68. The number of likely N-dealkylation sites (tertiary alicyclic amines) is 1. The van der Waals surface area contributed by atoms with Crippen molar-refractivity contribution in [1.29, 1.82) is 0 Å². The van der Waals surface area contributed by atoms with E-state index in [0.717, 1.165) is 31.5 Å². The van der Waals surface area contributed by atoms with E-state index >= 15 is 0 Å². The Balaban J connectivity index is 1.37. The van der Waals surface area contributed by atoms with Crippen LogP contribution in [0.2, 0.25) is 0 Å². The summed E-state index contributed by atoms with van der Waals surface area (Å²) in [6.45, 7) is 6.65. The van der Waals surface area contributed by atoms with Gasteiger partial charge in [-0.05, 0) is 62.6 Å². The van der Waals surface area contributed by atoms with Gasteiger partial charge in [0.15, 0.2) is 17.1 Å². The van der Waals surface area contributed by atoms with Crippen LogP contribution in [0.4, 0.5) is 10.4 Å². The fourth-order valence-corrected chi connectivity index (χ4v) is 4.54. The zero-order chi connectivity index (χ0) is 24.3. The summed E-state index contributed by atoms with van der Waals surface area (Å²) in [5.41, 5.74) is 1.70. The van der Waals surface area contributed by atoms with Gasteiger partial charge in [-0.2, -0.15) is 17.8 Å². The Morgan fingerprint density at radius 2 is 1.79 bits per heavy atom. The molecule has 2 heterocycles. The number of oxazole rings is 1. The van der Waals surface area contributed by atoms with E-state index in [-0.39, 0.29) is 22.4 Å². The van der Waals surface area contributed by atoms with Crippen LogP contribution in [-0.4, -0.2) is 55.2 Å². The van der Waals surface area contributed by atoms with Gasteiger partial charge in [0.2, 0.25) is 5.82 Å². The predicted octanol–water partition coefficient (Wildman–Crippen LogP) is 4.09. The highest BCUT2D eigenvalue weighted by Gasteiger charge is 2.22. The second kappa shape index (κ2) is 10.2. The van der Waals surface area contributed by atoms with E-state index in [9.17, 15) is 17.4 Å². The largest absolute Gasteiger partial charge is 0.491 e. The Hall–Kier alpha value is -2.89. The lowest BCUT2D eigenvalue weighted by Gasteiger charge is -2.32. The van der Waals surface area contributed by atoms with E-state index in [1.807, 2.05) is 13.8 Å². The first kappa shape index (κ1) is 24.2. The van der Waals surface area contributed by atoms with Gasteiger partial charge in [-0.3, -0.25) is 9.45 Å². The molecule has 0 bridgehead atoms. The maximum absolute atomic E-state index is 14.5. The Bertz CT molecular complexity index is 1230. The minimum atomic E-state index is -4.30. The Morgan fingerprint density at radius 1 is 1.15 bits per heavy atom. The first-order chi connectivity index (χ1) is 16.3. The van der Waals surface area contributed by atoms with E-state index in [2.05, 4.69) is 15.2 Å². The van der Waals surface area contributed by atoms with Crippen LogP contribution < -0.4 is 14.8 Å². The normalized spacial score (nSPS) is 15.5. The number of halogens is 1.